The fourth-order valence-corrected chi connectivity index (χ4v) is 4.11. The Kier molecular flexibility index (Phi) is 4.19. The largest absolute Gasteiger partial charge is 0.370 e. The Morgan fingerprint density at radius 1 is 1.16 bits per heavy atom. The van der Waals surface area contributed by atoms with E-state index < -0.39 is 9.84 Å². The molecule has 106 valence electrons. The number of nitrogens with zero attached hydrogens (tertiary/aromatic N) is 1. The van der Waals surface area contributed by atoms with Crippen LogP contribution >= 0.6 is 0 Å². The first-order valence-electron chi connectivity index (χ1n) is 7.00. The van der Waals surface area contributed by atoms with Crippen molar-refractivity contribution in [2.24, 2.45) is 11.8 Å². The summed E-state index contributed by atoms with van der Waals surface area (Å²) in [6, 6.07) is 7.40. The Morgan fingerprint density at radius 3 is 2.32 bits per heavy atom. The Labute approximate surface area is 116 Å². The van der Waals surface area contributed by atoms with Gasteiger partial charge in [-0.15, -0.1) is 0 Å². The molecule has 1 heterocycles. The topological polar surface area (TPSA) is 37.4 Å². The number of sulfone groups is 1. The van der Waals surface area contributed by atoms with Gasteiger partial charge in [-0.3, -0.25) is 0 Å². The summed E-state index contributed by atoms with van der Waals surface area (Å²) in [6.07, 6.45) is 1.22. The summed E-state index contributed by atoms with van der Waals surface area (Å²) in [5.41, 5.74) is 0.878. The Morgan fingerprint density at radius 2 is 1.74 bits per heavy atom. The second-order valence-corrected chi connectivity index (χ2v) is 7.97. The lowest BCUT2D eigenvalue weighted by Gasteiger charge is -2.37. The van der Waals surface area contributed by atoms with Crippen LogP contribution in [-0.4, -0.2) is 27.3 Å². The fourth-order valence-electron chi connectivity index (χ4n) is 3.00. The summed E-state index contributed by atoms with van der Waals surface area (Å²) in [5.74, 6) is 1.38. The van der Waals surface area contributed by atoms with Gasteiger partial charge in [0.1, 0.15) is 0 Å². The van der Waals surface area contributed by atoms with Crippen LogP contribution in [0.5, 0.6) is 0 Å². The van der Waals surface area contributed by atoms with E-state index in [0.717, 1.165) is 18.8 Å². The molecule has 0 N–H and O–H groups in total. The van der Waals surface area contributed by atoms with Gasteiger partial charge in [-0.2, -0.15) is 0 Å². The van der Waals surface area contributed by atoms with E-state index in [2.05, 4.69) is 18.7 Å². The average molecular weight is 281 g/mol. The summed E-state index contributed by atoms with van der Waals surface area (Å²) in [6.45, 7) is 8.06. The molecular weight excluding hydrogens is 258 g/mol. The molecule has 0 amide bonds. The number of rotatable bonds is 3. The number of para-hydroxylation sites is 1. The lowest BCUT2D eigenvalue weighted by Crippen LogP contribution is -2.39. The van der Waals surface area contributed by atoms with E-state index in [1.807, 2.05) is 18.2 Å². The van der Waals surface area contributed by atoms with Crippen LogP contribution < -0.4 is 4.90 Å². The number of piperidine rings is 1. The summed E-state index contributed by atoms with van der Waals surface area (Å²) in [5, 5.41) is 0. The number of benzene rings is 1. The van der Waals surface area contributed by atoms with Crippen LogP contribution in [0.1, 0.15) is 27.2 Å². The average Bonchev–Trinajstić information content (AvgIpc) is 2.37. The quantitative estimate of drug-likeness (QED) is 0.855. The van der Waals surface area contributed by atoms with Gasteiger partial charge in [0.2, 0.25) is 0 Å². The Hall–Kier alpha value is -1.03. The Balaban J connectivity index is 2.40. The van der Waals surface area contributed by atoms with Gasteiger partial charge in [0.15, 0.2) is 9.84 Å². The van der Waals surface area contributed by atoms with Crippen molar-refractivity contribution in [3.63, 3.8) is 0 Å². The van der Waals surface area contributed by atoms with Gasteiger partial charge in [0.25, 0.3) is 0 Å². The van der Waals surface area contributed by atoms with Crippen molar-refractivity contribution in [2.45, 2.75) is 32.1 Å². The molecule has 0 saturated carbocycles. The maximum Gasteiger partial charge on any atom is 0.180 e. The molecular formula is C15H23NO2S. The van der Waals surface area contributed by atoms with E-state index >= 15 is 0 Å². The van der Waals surface area contributed by atoms with E-state index in [1.165, 1.54) is 6.42 Å². The molecule has 1 saturated heterocycles. The highest BCUT2D eigenvalue weighted by atomic mass is 32.2. The first-order chi connectivity index (χ1) is 8.94. The maximum absolute atomic E-state index is 12.2. The molecule has 2 unspecified atom stereocenters. The van der Waals surface area contributed by atoms with E-state index in [4.69, 9.17) is 0 Å². The first kappa shape index (κ1) is 14.4. The van der Waals surface area contributed by atoms with Gasteiger partial charge in [-0.25, -0.2) is 8.42 Å². The minimum absolute atomic E-state index is 0.156. The summed E-state index contributed by atoms with van der Waals surface area (Å²) >= 11 is 0. The summed E-state index contributed by atoms with van der Waals surface area (Å²) < 4.78 is 24.4. The highest BCUT2D eigenvalue weighted by Crippen LogP contribution is 2.31. The Bertz CT molecular complexity index is 529. The van der Waals surface area contributed by atoms with Crippen LogP contribution in [0.4, 0.5) is 5.69 Å². The number of hydrogen-bond donors (Lipinski definition) is 0. The SMILES string of the molecule is CCS(=O)(=O)c1ccccc1N1CC(C)CC(C)C1. The third-order valence-electron chi connectivity index (χ3n) is 3.79. The minimum atomic E-state index is -3.15. The molecule has 0 bridgehead atoms. The van der Waals surface area contributed by atoms with Gasteiger partial charge < -0.3 is 4.90 Å². The zero-order valence-electron chi connectivity index (χ0n) is 12.0. The zero-order chi connectivity index (χ0) is 14.0. The van der Waals surface area contributed by atoms with Crippen LogP contribution in [-0.2, 0) is 9.84 Å². The van der Waals surface area contributed by atoms with E-state index in [9.17, 15) is 8.42 Å². The van der Waals surface area contributed by atoms with Crippen molar-refractivity contribution < 1.29 is 8.42 Å². The molecule has 2 atom stereocenters. The highest BCUT2D eigenvalue weighted by Gasteiger charge is 2.26. The summed E-state index contributed by atoms with van der Waals surface area (Å²) in [4.78, 5) is 2.72. The minimum Gasteiger partial charge on any atom is -0.370 e. The summed E-state index contributed by atoms with van der Waals surface area (Å²) in [7, 11) is -3.15. The molecule has 1 aliphatic heterocycles. The predicted octanol–water partition coefficient (Wildman–Crippen LogP) is 2.96. The van der Waals surface area contributed by atoms with E-state index in [-0.39, 0.29) is 5.75 Å². The van der Waals surface area contributed by atoms with Crippen molar-refractivity contribution in [3.05, 3.63) is 24.3 Å². The van der Waals surface area contributed by atoms with Gasteiger partial charge in [0, 0.05) is 13.1 Å². The fraction of sp³-hybridized carbons (Fsp3) is 0.600. The van der Waals surface area contributed by atoms with E-state index in [1.54, 1.807) is 13.0 Å². The molecule has 1 aromatic carbocycles. The van der Waals surface area contributed by atoms with E-state index in [0.29, 0.717) is 16.7 Å². The third-order valence-corrected chi connectivity index (χ3v) is 5.57. The standard InChI is InChI=1S/C15H23NO2S/c1-4-19(17,18)15-8-6-5-7-14(15)16-10-12(2)9-13(3)11-16/h5-8,12-13H,4,9-11H2,1-3H3. The van der Waals surface area contributed by atoms with Gasteiger partial charge in [-0.1, -0.05) is 32.9 Å². The first-order valence-corrected chi connectivity index (χ1v) is 8.66. The van der Waals surface area contributed by atoms with Crippen molar-refractivity contribution in [2.75, 3.05) is 23.7 Å². The molecule has 1 aliphatic rings. The molecule has 0 aromatic heterocycles. The lowest BCUT2D eigenvalue weighted by atomic mass is 9.91. The van der Waals surface area contributed by atoms with Gasteiger partial charge >= 0.3 is 0 Å². The van der Waals surface area contributed by atoms with Crippen molar-refractivity contribution in [1.82, 2.24) is 0 Å². The predicted molar refractivity (Wildman–Crippen MR) is 79.3 cm³/mol. The monoisotopic (exact) mass is 281 g/mol. The van der Waals surface area contributed by atoms with Crippen molar-refractivity contribution in [1.29, 1.82) is 0 Å². The molecule has 19 heavy (non-hydrogen) atoms. The highest BCUT2D eigenvalue weighted by molar-refractivity contribution is 7.91. The third kappa shape index (κ3) is 3.11. The molecule has 0 spiro atoms. The lowest BCUT2D eigenvalue weighted by molar-refractivity contribution is 0.356. The molecule has 4 heteroatoms. The maximum atomic E-state index is 12.2. The smallest absolute Gasteiger partial charge is 0.180 e. The molecule has 1 aromatic rings. The van der Waals surface area contributed by atoms with Crippen LogP contribution in [0.15, 0.2) is 29.2 Å². The van der Waals surface area contributed by atoms with Crippen LogP contribution in [0.25, 0.3) is 0 Å². The number of anilines is 1. The zero-order valence-corrected chi connectivity index (χ0v) is 12.8. The van der Waals surface area contributed by atoms with Crippen LogP contribution in [0, 0.1) is 11.8 Å². The number of hydrogen-bond acceptors (Lipinski definition) is 3. The molecule has 3 nitrogen and oxygen atoms in total. The van der Waals surface area contributed by atoms with Crippen LogP contribution in [0.3, 0.4) is 0 Å². The second kappa shape index (κ2) is 5.53. The molecule has 1 fully saturated rings. The molecule has 0 aliphatic carbocycles. The molecule has 0 radical (unpaired) electrons. The normalized spacial score (nSPS) is 24.5. The van der Waals surface area contributed by atoms with Gasteiger partial charge in [-0.05, 0) is 30.4 Å². The van der Waals surface area contributed by atoms with Crippen molar-refractivity contribution in [3.8, 4) is 0 Å². The van der Waals surface area contributed by atoms with Gasteiger partial charge in [0.05, 0.1) is 16.3 Å². The van der Waals surface area contributed by atoms with Crippen LogP contribution in [0.2, 0.25) is 0 Å². The molecule has 2 rings (SSSR count). The second-order valence-electron chi connectivity index (χ2n) is 5.72. The van der Waals surface area contributed by atoms with Crippen molar-refractivity contribution >= 4 is 15.5 Å².